The summed E-state index contributed by atoms with van der Waals surface area (Å²) in [5.74, 6) is -1.57. The zero-order chi connectivity index (χ0) is 29.4. The van der Waals surface area contributed by atoms with E-state index in [2.05, 4.69) is 19.7 Å². The summed E-state index contributed by atoms with van der Waals surface area (Å²) in [7, 11) is -3.10. The lowest BCUT2D eigenvalue weighted by Crippen LogP contribution is -2.15. The van der Waals surface area contributed by atoms with Crippen LogP contribution in [-0.2, 0) is 10.0 Å². The Balaban J connectivity index is 1.63. The molecule has 0 spiro atoms. The number of aromatic nitrogens is 3. The highest BCUT2D eigenvalue weighted by molar-refractivity contribution is 7.92. The Morgan fingerprint density at radius 2 is 1.68 bits per heavy atom. The van der Waals surface area contributed by atoms with Gasteiger partial charge < -0.3 is 15.2 Å². The molecule has 2 heterocycles. The average molecular weight is 586 g/mol. The predicted octanol–water partition coefficient (Wildman–Crippen LogP) is 5.77. The number of unbranched alkanes of at least 4 members (excludes halogenated alkanes) is 5. The number of nitrogens with zero attached hydrogens (tertiary/aromatic N) is 3. The molecule has 0 aliphatic carbocycles. The smallest absolute Gasteiger partial charge is 0.264 e. The number of aryl methyl sites for hydroxylation is 1. The summed E-state index contributed by atoms with van der Waals surface area (Å²) < 4.78 is 67.3. The first kappa shape index (κ1) is 30.1. The molecule has 9 nitrogen and oxygen atoms in total. The summed E-state index contributed by atoms with van der Waals surface area (Å²) >= 11 is 0. The van der Waals surface area contributed by atoms with E-state index < -0.39 is 26.6 Å². The number of hydrogen-bond donors (Lipinski definition) is 2. The lowest BCUT2D eigenvalue weighted by atomic mass is 10.0. The molecule has 0 saturated heterocycles. The molecule has 41 heavy (non-hydrogen) atoms. The third kappa shape index (κ3) is 7.44. The van der Waals surface area contributed by atoms with E-state index in [1.54, 1.807) is 0 Å². The summed E-state index contributed by atoms with van der Waals surface area (Å²) in [6.07, 6.45) is 9.37. The Kier molecular flexibility index (Phi) is 10.0. The van der Waals surface area contributed by atoms with Crippen LogP contribution in [-0.4, -0.2) is 43.6 Å². The van der Waals surface area contributed by atoms with E-state index in [-0.39, 0.29) is 11.6 Å². The molecule has 0 atom stereocenters. The van der Waals surface area contributed by atoms with E-state index >= 15 is 0 Å². The number of hydrogen-bond acceptors (Lipinski definition) is 8. The lowest BCUT2D eigenvalue weighted by molar-refractivity contribution is 0.307. The number of pyridine rings is 1. The van der Waals surface area contributed by atoms with Crippen molar-refractivity contribution in [3.8, 4) is 22.8 Å². The maximum atomic E-state index is 14.3. The monoisotopic (exact) mass is 585 g/mol. The number of rotatable bonds is 14. The van der Waals surface area contributed by atoms with Crippen molar-refractivity contribution in [3.05, 3.63) is 66.3 Å². The van der Waals surface area contributed by atoms with Crippen molar-refractivity contribution in [2.24, 2.45) is 5.73 Å². The van der Waals surface area contributed by atoms with Gasteiger partial charge >= 0.3 is 0 Å². The van der Waals surface area contributed by atoms with Gasteiger partial charge in [-0.15, -0.1) is 0 Å². The molecule has 12 heteroatoms. The first-order valence-corrected chi connectivity index (χ1v) is 14.8. The lowest BCUT2D eigenvalue weighted by Gasteiger charge is -2.15. The number of nitrogens with one attached hydrogen (secondary N) is 1. The Morgan fingerprint density at radius 1 is 0.927 bits per heavy atom. The number of sulfonamides is 1. The number of ether oxygens (including phenoxy) is 2. The highest BCUT2D eigenvalue weighted by atomic mass is 32.2. The highest BCUT2D eigenvalue weighted by Crippen LogP contribution is 2.35. The van der Waals surface area contributed by atoms with E-state index in [9.17, 15) is 17.2 Å². The molecule has 0 unspecified atom stereocenters. The normalized spacial score (nSPS) is 11.5. The Hall–Kier alpha value is -3.90. The first-order chi connectivity index (χ1) is 19.7. The first-order valence-electron chi connectivity index (χ1n) is 13.3. The van der Waals surface area contributed by atoms with E-state index in [0.29, 0.717) is 35.1 Å². The third-order valence-corrected chi connectivity index (χ3v) is 7.96. The molecule has 0 radical (unpaired) electrons. The Bertz CT molecular complexity index is 1620. The van der Waals surface area contributed by atoms with Crippen LogP contribution in [0.3, 0.4) is 0 Å². The number of fused-ring (bicyclic) bond motifs is 1. The summed E-state index contributed by atoms with van der Waals surface area (Å²) in [6.45, 7) is 3.09. The minimum Gasteiger partial charge on any atom is -0.491 e. The van der Waals surface area contributed by atoms with E-state index in [1.165, 1.54) is 25.7 Å². The second-order valence-electron chi connectivity index (χ2n) is 9.55. The van der Waals surface area contributed by atoms with Crippen molar-refractivity contribution in [3.63, 3.8) is 0 Å². The van der Waals surface area contributed by atoms with E-state index in [1.807, 2.05) is 19.1 Å². The summed E-state index contributed by atoms with van der Waals surface area (Å²) in [4.78, 5) is 12.3. The minimum atomic E-state index is -4.43. The van der Waals surface area contributed by atoms with Gasteiger partial charge in [-0.25, -0.2) is 32.2 Å². The zero-order valence-electron chi connectivity index (χ0n) is 23.0. The molecular weight excluding hydrogens is 552 g/mol. The van der Waals surface area contributed by atoms with Crippen LogP contribution in [0.15, 0.2) is 53.8 Å². The van der Waals surface area contributed by atoms with Gasteiger partial charge in [0.05, 0.1) is 13.7 Å². The van der Waals surface area contributed by atoms with Crippen LogP contribution in [0.25, 0.3) is 22.0 Å². The van der Waals surface area contributed by atoms with Gasteiger partial charge in [-0.05, 0) is 62.2 Å². The van der Waals surface area contributed by atoms with Gasteiger partial charge in [-0.2, -0.15) is 0 Å². The van der Waals surface area contributed by atoms with Gasteiger partial charge in [-0.3, -0.25) is 4.72 Å². The van der Waals surface area contributed by atoms with Crippen LogP contribution in [0.4, 0.5) is 14.5 Å². The van der Waals surface area contributed by atoms with Gasteiger partial charge in [0.15, 0.2) is 0 Å². The predicted molar refractivity (Wildman–Crippen MR) is 153 cm³/mol. The van der Waals surface area contributed by atoms with Crippen LogP contribution in [0.1, 0.15) is 44.2 Å². The van der Waals surface area contributed by atoms with Gasteiger partial charge in [0.1, 0.15) is 39.8 Å². The quantitative estimate of drug-likeness (QED) is 0.179. The number of nitrogens with two attached hydrogens (primary N) is 1. The summed E-state index contributed by atoms with van der Waals surface area (Å²) in [6, 6.07) is 7.44. The maximum absolute atomic E-state index is 14.3. The van der Waals surface area contributed by atoms with Crippen LogP contribution in [0, 0.1) is 18.6 Å². The fourth-order valence-corrected chi connectivity index (χ4v) is 5.52. The second kappa shape index (κ2) is 13.6. The van der Waals surface area contributed by atoms with Crippen LogP contribution in [0.5, 0.6) is 11.6 Å². The van der Waals surface area contributed by atoms with Crippen molar-refractivity contribution in [2.45, 2.75) is 50.3 Å². The van der Waals surface area contributed by atoms with Crippen molar-refractivity contribution in [1.82, 2.24) is 15.0 Å². The van der Waals surface area contributed by atoms with E-state index in [0.717, 1.165) is 68.3 Å². The Morgan fingerprint density at radius 3 is 2.41 bits per heavy atom. The van der Waals surface area contributed by atoms with Gasteiger partial charge in [-0.1, -0.05) is 25.7 Å². The van der Waals surface area contributed by atoms with Gasteiger partial charge in [0, 0.05) is 28.9 Å². The summed E-state index contributed by atoms with van der Waals surface area (Å²) in [5.41, 5.74) is 8.16. The third-order valence-electron chi connectivity index (χ3n) is 6.56. The molecule has 0 saturated carbocycles. The van der Waals surface area contributed by atoms with Crippen LogP contribution < -0.4 is 19.9 Å². The molecule has 4 rings (SSSR count). The molecule has 0 bridgehead atoms. The largest absolute Gasteiger partial charge is 0.491 e. The SMILES string of the molecule is COc1ncc(-c2cc(OCCCCCCCCN)c3ncnc(C)c3c2)cc1NS(=O)(=O)c1ccc(F)cc1F. The molecule has 3 N–H and O–H groups in total. The molecule has 0 aliphatic heterocycles. The molecule has 0 fully saturated rings. The molecular formula is C29H33F2N5O4S. The fourth-order valence-electron chi connectivity index (χ4n) is 4.41. The number of methoxy groups -OCH3 is 1. The molecule has 2 aromatic carbocycles. The molecule has 218 valence electrons. The molecule has 0 amide bonds. The molecule has 4 aromatic rings. The minimum absolute atomic E-state index is 0.0213. The topological polar surface area (TPSA) is 129 Å². The Labute approximate surface area is 238 Å². The van der Waals surface area contributed by atoms with Crippen molar-refractivity contribution in [2.75, 3.05) is 25.0 Å². The van der Waals surface area contributed by atoms with Gasteiger partial charge in [0.25, 0.3) is 10.0 Å². The standard InChI is InChI=1S/C29H33F2N5O4S/c1-19-23-13-20(15-26(28(23)35-18-34-19)40-12-8-6-4-3-5-7-11-32)21-14-25(29(39-2)33-17-21)36-41(37,38)27-10-9-22(30)16-24(27)31/h9-10,13-18,36H,3-8,11-12,32H2,1-2H3. The number of halogens is 2. The number of anilines is 1. The van der Waals surface area contributed by atoms with E-state index in [4.69, 9.17) is 15.2 Å². The molecule has 0 aliphatic rings. The zero-order valence-corrected chi connectivity index (χ0v) is 23.8. The average Bonchev–Trinajstić information content (AvgIpc) is 2.94. The van der Waals surface area contributed by atoms with Crippen LogP contribution >= 0.6 is 0 Å². The summed E-state index contributed by atoms with van der Waals surface area (Å²) in [5, 5.41) is 0.771. The second-order valence-corrected chi connectivity index (χ2v) is 11.2. The maximum Gasteiger partial charge on any atom is 0.264 e. The number of benzene rings is 2. The van der Waals surface area contributed by atoms with Gasteiger partial charge in [0.2, 0.25) is 5.88 Å². The fraction of sp³-hybridized carbons (Fsp3) is 0.345. The van der Waals surface area contributed by atoms with Crippen LogP contribution in [0.2, 0.25) is 0 Å². The van der Waals surface area contributed by atoms with Crippen molar-refractivity contribution < 1.29 is 26.7 Å². The molecule has 2 aromatic heterocycles. The highest BCUT2D eigenvalue weighted by Gasteiger charge is 2.22. The van der Waals surface area contributed by atoms with Crippen molar-refractivity contribution >= 4 is 26.6 Å². The van der Waals surface area contributed by atoms with Crippen molar-refractivity contribution in [1.29, 1.82) is 0 Å².